The van der Waals surface area contributed by atoms with E-state index in [1.54, 1.807) is 30.3 Å². The molecule has 1 amide bonds. The van der Waals surface area contributed by atoms with Gasteiger partial charge in [0.15, 0.2) is 23.8 Å². The predicted molar refractivity (Wildman–Crippen MR) is 113 cm³/mol. The molecule has 0 saturated heterocycles. The Morgan fingerprint density at radius 2 is 1.96 bits per heavy atom. The number of rotatable bonds is 5. The number of para-hydroxylation sites is 1. The van der Waals surface area contributed by atoms with E-state index in [4.69, 9.17) is 9.15 Å². The number of hydrogen-bond donors (Lipinski definition) is 1. The number of carbonyl (C=O) groups excluding carboxylic acids is 1. The summed E-state index contributed by atoms with van der Waals surface area (Å²) in [5.74, 6) is -0.363. The maximum atomic E-state index is 13.5. The molecule has 4 rings (SSSR count). The van der Waals surface area contributed by atoms with Crippen LogP contribution in [0.5, 0.6) is 5.75 Å². The molecular formula is C21H14FIN2O3. The van der Waals surface area contributed by atoms with E-state index in [0.29, 0.717) is 22.7 Å². The van der Waals surface area contributed by atoms with E-state index in [1.165, 1.54) is 12.1 Å². The zero-order chi connectivity index (χ0) is 19.5. The average Bonchev–Trinajstić information content (AvgIpc) is 3.11. The Balaban J connectivity index is 1.47. The Morgan fingerprint density at radius 3 is 2.79 bits per heavy atom. The maximum absolute atomic E-state index is 13.5. The molecule has 140 valence electrons. The molecular weight excluding hydrogens is 474 g/mol. The third-order valence-corrected chi connectivity index (χ3v) is 4.61. The fraction of sp³-hybridized carbons (Fsp3) is 0.0476. The predicted octanol–water partition coefficient (Wildman–Crippen LogP) is 5.26. The lowest BCUT2D eigenvalue weighted by atomic mass is 10.2. The number of anilines is 1. The Hall–Kier alpha value is -2.94. The number of ether oxygens (including phenoxy) is 1. The number of nitrogens with one attached hydrogen (secondary N) is 1. The molecule has 1 aromatic heterocycles. The largest absolute Gasteiger partial charge is 0.481 e. The number of carbonyl (C=O) groups is 1. The second-order valence-electron chi connectivity index (χ2n) is 5.98. The van der Waals surface area contributed by atoms with Crippen molar-refractivity contribution in [3.8, 4) is 17.2 Å². The van der Waals surface area contributed by atoms with Gasteiger partial charge in [-0.15, -0.1) is 0 Å². The van der Waals surface area contributed by atoms with Crippen molar-refractivity contribution in [1.29, 1.82) is 0 Å². The van der Waals surface area contributed by atoms with E-state index in [1.807, 2.05) is 24.3 Å². The van der Waals surface area contributed by atoms with Crippen LogP contribution in [0, 0.1) is 9.39 Å². The molecule has 0 aliphatic heterocycles. The average molecular weight is 488 g/mol. The smallest absolute Gasteiger partial charge is 0.262 e. The fourth-order valence-electron chi connectivity index (χ4n) is 2.65. The molecule has 0 aliphatic carbocycles. The summed E-state index contributed by atoms with van der Waals surface area (Å²) in [7, 11) is 0. The first-order valence-electron chi connectivity index (χ1n) is 8.42. The maximum Gasteiger partial charge on any atom is 0.262 e. The lowest BCUT2D eigenvalue weighted by molar-refractivity contribution is -0.118. The molecule has 1 heterocycles. The number of benzene rings is 3. The normalized spacial score (nSPS) is 10.8. The summed E-state index contributed by atoms with van der Waals surface area (Å²) in [4.78, 5) is 16.6. The molecule has 0 bridgehead atoms. The highest BCUT2D eigenvalue weighted by Gasteiger charge is 2.11. The van der Waals surface area contributed by atoms with Crippen LogP contribution in [0.2, 0.25) is 0 Å². The Labute approximate surface area is 173 Å². The van der Waals surface area contributed by atoms with Crippen LogP contribution in [-0.2, 0) is 4.79 Å². The van der Waals surface area contributed by atoms with Crippen LogP contribution in [0.1, 0.15) is 0 Å². The van der Waals surface area contributed by atoms with Crippen molar-refractivity contribution in [3.05, 3.63) is 76.1 Å². The number of oxazole rings is 1. The summed E-state index contributed by atoms with van der Waals surface area (Å²) in [5, 5.41) is 2.71. The standard InChI is InChI=1S/C21H14FIN2O3/c22-16-6-1-2-7-18(16)27-12-20(26)24-15-8-9-19-17(11-15)25-21(28-19)13-4-3-5-14(23)10-13/h1-11H,12H2,(H,24,26). The first kappa shape index (κ1) is 18.4. The number of amides is 1. The van der Waals surface area contributed by atoms with Crippen LogP contribution >= 0.6 is 22.6 Å². The molecule has 0 atom stereocenters. The third-order valence-electron chi connectivity index (χ3n) is 3.94. The van der Waals surface area contributed by atoms with Gasteiger partial charge in [-0.3, -0.25) is 4.79 Å². The molecule has 0 unspecified atom stereocenters. The van der Waals surface area contributed by atoms with Gasteiger partial charge in [0.05, 0.1) is 0 Å². The summed E-state index contributed by atoms with van der Waals surface area (Å²) in [6.45, 7) is -0.300. The van der Waals surface area contributed by atoms with Gasteiger partial charge in [-0.05, 0) is 71.1 Å². The van der Waals surface area contributed by atoms with Crippen molar-refractivity contribution in [2.45, 2.75) is 0 Å². The monoisotopic (exact) mass is 488 g/mol. The highest BCUT2D eigenvalue weighted by Crippen LogP contribution is 2.27. The van der Waals surface area contributed by atoms with Crippen LogP contribution < -0.4 is 10.1 Å². The molecule has 0 aliphatic rings. The molecule has 0 saturated carbocycles. The number of nitrogens with zero attached hydrogens (tertiary/aromatic N) is 1. The van der Waals surface area contributed by atoms with Crippen LogP contribution in [0.25, 0.3) is 22.6 Å². The number of fused-ring (bicyclic) bond motifs is 1. The third kappa shape index (κ3) is 4.14. The van der Waals surface area contributed by atoms with E-state index in [2.05, 4.69) is 32.9 Å². The molecule has 28 heavy (non-hydrogen) atoms. The molecule has 0 radical (unpaired) electrons. The van der Waals surface area contributed by atoms with E-state index in [-0.39, 0.29) is 12.4 Å². The van der Waals surface area contributed by atoms with Crippen molar-refractivity contribution in [3.63, 3.8) is 0 Å². The number of aromatic nitrogens is 1. The second kappa shape index (κ2) is 7.97. The van der Waals surface area contributed by atoms with Crippen molar-refractivity contribution in [2.75, 3.05) is 11.9 Å². The topological polar surface area (TPSA) is 64.4 Å². The minimum absolute atomic E-state index is 0.0340. The van der Waals surface area contributed by atoms with Gasteiger partial charge >= 0.3 is 0 Å². The summed E-state index contributed by atoms with van der Waals surface area (Å²) in [6.07, 6.45) is 0. The molecule has 3 aromatic carbocycles. The van der Waals surface area contributed by atoms with E-state index in [0.717, 1.165) is 9.13 Å². The number of hydrogen-bond acceptors (Lipinski definition) is 4. The van der Waals surface area contributed by atoms with Crippen molar-refractivity contribution >= 4 is 45.3 Å². The Kier molecular flexibility index (Phi) is 5.25. The van der Waals surface area contributed by atoms with E-state index >= 15 is 0 Å². The van der Waals surface area contributed by atoms with Gasteiger partial charge < -0.3 is 14.5 Å². The van der Waals surface area contributed by atoms with Crippen LogP contribution in [-0.4, -0.2) is 17.5 Å². The molecule has 4 aromatic rings. The lowest BCUT2D eigenvalue weighted by Gasteiger charge is -2.08. The first-order chi connectivity index (χ1) is 13.6. The van der Waals surface area contributed by atoms with Crippen LogP contribution in [0.3, 0.4) is 0 Å². The first-order valence-corrected chi connectivity index (χ1v) is 9.50. The van der Waals surface area contributed by atoms with E-state index in [9.17, 15) is 9.18 Å². The number of halogens is 2. The second-order valence-corrected chi connectivity index (χ2v) is 7.22. The minimum atomic E-state index is -0.512. The molecule has 0 spiro atoms. The van der Waals surface area contributed by atoms with Gasteiger partial charge in [0, 0.05) is 14.8 Å². The molecule has 5 nitrogen and oxygen atoms in total. The van der Waals surface area contributed by atoms with Crippen molar-refractivity contribution in [2.24, 2.45) is 0 Å². The summed E-state index contributed by atoms with van der Waals surface area (Å²) < 4.78 is 25.6. The van der Waals surface area contributed by atoms with Gasteiger partial charge in [0.2, 0.25) is 5.89 Å². The summed E-state index contributed by atoms with van der Waals surface area (Å²) in [6, 6.07) is 18.9. The van der Waals surface area contributed by atoms with Gasteiger partial charge in [-0.25, -0.2) is 9.37 Å². The van der Waals surface area contributed by atoms with Gasteiger partial charge in [-0.2, -0.15) is 0 Å². The summed E-state index contributed by atoms with van der Waals surface area (Å²) >= 11 is 2.23. The van der Waals surface area contributed by atoms with Crippen molar-refractivity contribution in [1.82, 2.24) is 4.98 Å². The Morgan fingerprint density at radius 1 is 1.11 bits per heavy atom. The molecule has 1 N–H and O–H groups in total. The minimum Gasteiger partial charge on any atom is -0.481 e. The highest BCUT2D eigenvalue weighted by molar-refractivity contribution is 14.1. The zero-order valence-corrected chi connectivity index (χ0v) is 16.6. The summed E-state index contributed by atoms with van der Waals surface area (Å²) in [5.41, 5.74) is 2.68. The van der Waals surface area contributed by atoms with E-state index < -0.39 is 11.7 Å². The van der Waals surface area contributed by atoms with Gasteiger partial charge in [0.1, 0.15) is 5.52 Å². The SMILES string of the molecule is O=C(COc1ccccc1F)Nc1ccc2oc(-c3cccc(I)c3)nc2c1. The lowest BCUT2D eigenvalue weighted by Crippen LogP contribution is -2.20. The highest BCUT2D eigenvalue weighted by atomic mass is 127. The zero-order valence-electron chi connectivity index (χ0n) is 14.5. The fourth-order valence-corrected chi connectivity index (χ4v) is 3.20. The molecule has 0 fully saturated rings. The quantitative estimate of drug-likeness (QED) is 0.390. The Bertz CT molecular complexity index is 1160. The molecule has 7 heteroatoms. The van der Waals surface area contributed by atoms with Gasteiger partial charge in [0.25, 0.3) is 5.91 Å². The van der Waals surface area contributed by atoms with Crippen molar-refractivity contribution < 1.29 is 18.3 Å². The van der Waals surface area contributed by atoms with Crippen LogP contribution in [0.4, 0.5) is 10.1 Å². The van der Waals surface area contributed by atoms with Crippen LogP contribution in [0.15, 0.2) is 71.1 Å². The van der Waals surface area contributed by atoms with Gasteiger partial charge in [-0.1, -0.05) is 18.2 Å².